The van der Waals surface area contributed by atoms with Crippen molar-refractivity contribution >= 4 is 41.3 Å². The predicted octanol–water partition coefficient (Wildman–Crippen LogP) is 3.46. The van der Waals surface area contributed by atoms with Crippen molar-refractivity contribution in [3.05, 3.63) is 22.4 Å². The molecule has 0 saturated carbocycles. The van der Waals surface area contributed by atoms with Crippen LogP contribution in [0.2, 0.25) is 0 Å². The van der Waals surface area contributed by atoms with E-state index in [2.05, 4.69) is 44.5 Å². The van der Waals surface area contributed by atoms with Gasteiger partial charge in [-0.05, 0) is 49.7 Å². The van der Waals surface area contributed by atoms with Crippen LogP contribution >= 0.6 is 35.3 Å². The summed E-state index contributed by atoms with van der Waals surface area (Å²) in [5.74, 6) is 2.42. The zero-order valence-electron chi connectivity index (χ0n) is 14.9. The molecule has 136 valence electrons. The molecule has 24 heavy (non-hydrogen) atoms. The van der Waals surface area contributed by atoms with E-state index in [0.29, 0.717) is 5.92 Å². The van der Waals surface area contributed by atoms with Gasteiger partial charge in [0.15, 0.2) is 5.96 Å². The molecule has 2 atom stereocenters. The summed E-state index contributed by atoms with van der Waals surface area (Å²) < 4.78 is 0. The van der Waals surface area contributed by atoms with Crippen molar-refractivity contribution in [3.8, 4) is 0 Å². The average molecular weight is 462 g/mol. The highest BCUT2D eigenvalue weighted by molar-refractivity contribution is 14.0. The van der Waals surface area contributed by atoms with E-state index in [1.807, 2.05) is 18.4 Å². The second-order valence-corrected chi connectivity index (χ2v) is 7.93. The number of hydrogen-bond donors (Lipinski definition) is 1. The molecule has 2 saturated heterocycles. The van der Waals surface area contributed by atoms with Gasteiger partial charge in [-0.1, -0.05) is 13.0 Å². The number of likely N-dealkylation sites (tertiary alicyclic amines) is 2. The maximum atomic E-state index is 4.51. The number of guanidine groups is 1. The van der Waals surface area contributed by atoms with Crippen LogP contribution in [0.4, 0.5) is 0 Å². The maximum absolute atomic E-state index is 4.51. The normalized spacial score (nSPS) is 23.3. The van der Waals surface area contributed by atoms with E-state index in [0.717, 1.165) is 31.5 Å². The van der Waals surface area contributed by atoms with E-state index in [4.69, 9.17) is 0 Å². The Hall–Kier alpha value is -0.340. The Morgan fingerprint density at radius 3 is 2.83 bits per heavy atom. The van der Waals surface area contributed by atoms with Crippen LogP contribution in [0, 0.1) is 5.92 Å². The molecule has 0 spiro atoms. The number of thiophene rings is 1. The smallest absolute Gasteiger partial charge is 0.193 e. The van der Waals surface area contributed by atoms with Crippen LogP contribution in [0.25, 0.3) is 0 Å². The summed E-state index contributed by atoms with van der Waals surface area (Å²) in [6.45, 7) is 9.44. The molecule has 0 aromatic carbocycles. The third kappa shape index (κ3) is 5.33. The fourth-order valence-electron chi connectivity index (χ4n) is 3.75. The Labute approximate surface area is 167 Å². The van der Waals surface area contributed by atoms with Crippen molar-refractivity contribution in [1.82, 2.24) is 15.1 Å². The van der Waals surface area contributed by atoms with Gasteiger partial charge in [-0.2, -0.15) is 0 Å². The lowest BCUT2D eigenvalue weighted by molar-refractivity contribution is 0.281. The molecule has 0 amide bonds. The summed E-state index contributed by atoms with van der Waals surface area (Å²) in [5, 5.41) is 5.74. The molecule has 2 aliphatic heterocycles. The highest BCUT2D eigenvalue weighted by atomic mass is 127. The van der Waals surface area contributed by atoms with Gasteiger partial charge >= 0.3 is 0 Å². The van der Waals surface area contributed by atoms with E-state index >= 15 is 0 Å². The lowest BCUT2D eigenvalue weighted by Crippen LogP contribution is -2.42. The van der Waals surface area contributed by atoms with Crippen molar-refractivity contribution in [2.45, 2.75) is 32.1 Å². The summed E-state index contributed by atoms with van der Waals surface area (Å²) in [7, 11) is 1.91. The molecule has 0 bridgehead atoms. The largest absolute Gasteiger partial charge is 0.356 e. The first-order valence-electron chi connectivity index (χ1n) is 8.97. The summed E-state index contributed by atoms with van der Waals surface area (Å²) in [6, 6.07) is 4.36. The SMILES string of the molecule is CN=C(NCC(C)c1cccs1)N1CCC(CN2CCCC2)C1.I. The molecule has 2 fully saturated rings. The van der Waals surface area contributed by atoms with Gasteiger partial charge in [0, 0.05) is 44.0 Å². The minimum atomic E-state index is 0. The highest BCUT2D eigenvalue weighted by Gasteiger charge is 2.27. The number of aliphatic imine (C=N–C) groups is 1. The van der Waals surface area contributed by atoms with Crippen molar-refractivity contribution in [3.63, 3.8) is 0 Å². The van der Waals surface area contributed by atoms with E-state index < -0.39 is 0 Å². The van der Waals surface area contributed by atoms with Gasteiger partial charge in [0.25, 0.3) is 0 Å². The minimum Gasteiger partial charge on any atom is -0.356 e. The Kier molecular flexibility index (Phi) is 8.30. The first kappa shape index (κ1) is 20.0. The predicted molar refractivity (Wildman–Crippen MR) is 115 cm³/mol. The van der Waals surface area contributed by atoms with Crippen LogP contribution in [-0.2, 0) is 0 Å². The molecule has 1 aromatic rings. The molecule has 2 aliphatic rings. The van der Waals surface area contributed by atoms with Crippen LogP contribution < -0.4 is 5.32 Å². The molecule has 1 aromatic heterocycles. The van der Waals surface area contributed by atoms with Gasteiger partial charge in [-0.15, -0.1) is 35.3 Å². The highest BCUT2D eigenvalue weighted by Crippen LogP contribution is 2.21. The number of rotatable bonds is 5. The van der Waals surface area contributed by atoms with Crippen LogP contribution in [0.5, 0.6) is 0 Å². The van der Waals surface area contributed by atoms with Crippen LogP contribution in [-0.4, -0.2) is 62.1 Å². The number of hydrogen-bond acceptors (Lipinski definition) is 3. The Balaban J connectivity index is 0.00000208. The van der Waals surface area contributed by atoms with Crippen molar-refractivity contribution in [2.24, 2.45) is 10.9 Å². The summed E-state index contributed by atoms with van der Waals surface area (Å²) in [4.78, 5) is 11.0. The summed E-state index contributed by atoms with van der Waals surface area (Å²) >= 11 is 1.84. The van der Waals surface area contributed by atoms with Crippen molar-refractivity contribution in [2.75, 3.05) is 46.3 Å². The molecule has 1 N–H and O–H groups in total. The number of halogens is 1. The monoisotopic (exact) mass is 462 g/mol. The zero-order valence-corrected chi connectivity index (χ0v) is 18.1. The molecule has 2 unspecified atom stereocenters. The van der Waals surface area contributed by atoms with Gasteiger partial charge in [0.05, 0.1) is 0 Å². The topological polar surface area (TPSA) is 30.9 Å². The van der Waals surface area contributed by atoms with Crippen LogP contribution in [0.3, 0.4) is 0 Å². The molecule has 6 heteroatoms. The standard InChI is InChI=1S/C18H30N4S.HI/c1-15(17-6-5-11-23-17)12-20-18(19-2)22-10-7-16(14-22)13-21-8-3-4-9-21;/h5-6,11,15-16H,3-4,7-10,12-14H2,1-2H3,(H,19,20);1H. The van der Waals surface area contributed by atoms with Crippen LogP contribution in [0.15, 0.2) is 22.5 Å². The molecule has 0 aliphatic carbocycles. The van der Waals surface area contributed by atoms with Crippen molar-refractivity contribution < 1.29 is 0 Å². The Bertz CT molecular complexity index is 499. The van der Waals surface area contributed by atoms with Gasteiger partial charge in [0.2, 0.25) is 0 Å². The van der Waals surface area contributed by atoms with Crippen LogP contribution in [0.1, 0.15) is 37.0 Å². The molecule has 3 heterocycles. The van der Waals surface area contributed by atoms with E-state index in [1.54, 1.807) is 0 Å². The molecule has 4 nitrogen and oxygen atoms in total. The fourth-order valence-corrected chi connectivity index (χ4v) is 4.54. The third-order valence-electron chi connectivity index (χ3n) is 5.11. The summed E-state index contributed by atoms with van der Waals surface area (Å²) in [5.41, 5.74) is 0. The van der Waals surface area contributed by atoms with Crippen molar-refractivity contribution in [1.29, 1.82) is 0 Å². The first-order valence-corrected chi connectivity index (χ1v) is 9.85. The average Bonchev–Trinajstić information content (AvgIpc) is 3.31. The lowest BCUT2D eigenvalue weighted by Gasteiger charge is -2.24. The number of nitrogens with one attached hydrogen (secondary N) is 1. The number of nitrogens with zero attached hydrogens (tertiary/aromatic N) is 3. The Morgan fingerprint density at radius 2 is 2.17 bits per heavy atom. The third-order valence-corrected chi connectivity index (χ3v) is 6.21. The maximum Gasteiger partial charge on any atom is 0.193 e. The van der Waals surface area contributed by atoms with Gasteiger partial charge in [-0.3, -0.25) is 4.99 Å². The van der Waals surface area contributed by atoms with E-state index in [-0.39, 0.29) is 24.0 Å². The quantitative estimate of drug-likeness (QED) is 0.413. The van der Waals surface area contributed by atoms with E-state index in [1.165, 1.54) is 43.8 Å². The van der Waals surface area contributed by atoms with Gasteiger partial charge in [-0.25, -0.2) is 0 Å². The fraction of sp³-hybridized carbons (Fsp3) is 0.722. The van der Waals surface area contributed by atoms with Gasteiger partial charge in [0.1, 0.15) is 0 Å². The second-order valence-electron chi connectivity index (χ2n) is 6.95. The summed E-state index contributed by atoms with van der Waals surface area (Å²) in [6.07, 6.45) is 4.08. The molecular formula is C18H31IN4S. The minimum absolute atomic E-state index is 0. The second kappa shape index (κ2) is 9.97. The van der Waals surface area contributed by atoms with E-state index in [9.17, 15) is 0 Å². The zero-order chi connectivity index (χ0) is 16.1. The van der Waals surface area contributed by atoms with Gasteiger partial charge < -0.3 is 15.1 Å². The molecule has 0 radical (unpaired) electrons. The Morgan fingerprint density at radius 1 is 1.38 bits per heavy atom. The molecule has 3 rings (SSSR count). The lowest BCUT2D eigenvalue weighted by atomic mass is 10.1. The first-order chi connectivity index (χ1) is 11.3. The molecular weight excluding hydrogens is 431 g/mol.